The second-order valence-corrected chi connectivity index (χ2v) is 5.16. The Bertz CT molecular complexity index is 422. The minimum absolute atomic E-state index is 0.438. The molecular formula is C8H9BrN4S. The maximum absolute atomic E-state index is 5.44. The number of nitrogens with zero attached hydrogens (tertiary/aromatic N) is 3. The molecule has 0 radical (unpaired) electrons. The van der Waals surface area contributed by atoms with Gasteiger partial charge in [0.2, 0.25) is 0 Å². The van der Waals surface area contributed by atoms with Crippen molar-refractivity contribution in [2.75, 3.05) is 0 Å². The smallest absolute Gasteiger partial charge is 0.0962 e. The molecule has 14 heavy (non-hydrogen) atoms. The summed E-state index contributed by atoms with van der Waals surface area (Å²) in [6, 6.07) is 2.08. The van der Waals surface area contributed by atoms with Gasteiger partial charge in [0.1, 0.15) is 0 Å². The quantitative estimate of drug-likeness (QED) is 0.924. The highest BCUT2D eigenvalue weighted by Crippen LogP contribution is 2.21. The van der Waals surface area contributed by atoms with E-state index in [9.17, 15) is 0 Å². The zero-order valence-electron chi connectivity index (χ0n) is 7.35. The summed E-state index contributed by atoms with van der Waals surface area (Å²) in [6.07, 6.45) is 1.87. The molecule has 0 fully saturated rings. The number of rotatable bonds is 3. The van der Waals surface area contributed by atoms with Crippen molar-refractivity contribution < 1.29 is 0 Å². The monoisotopic (exact) mass is 272 g/mol. The van der Waals surface area contributed by atoms with Gasteiger partial charge in [-0.3, -0.25) is 0 Å². The standard InChI is InChI=1S/C8H9BrN4S/c9-8-1-6(5-14-8)3-13-4-7(2-10)11-12-13/h1,4-5H,2-3,10H2. The topological polar surface area (TPSA) is 56.7 Å². The van der Waals surface area contributed by atoms with E-state index in [2.05, 4.69) is 37.7 Å². The summed E-state index contributed by atoms with van der Waals surface area (Å²) in [5.74, 6) is 0. The fourth-order valence-electron chi connectivity index (χ4n) is 1.13. The second kappa shape index (κ2) is 4.20. The van der Waals surface area contributed by atoms with E-state index in [4.69, 9.17) is 5.73 Å². The molecule has 0 saturated carbocycles. The van der Waals surface area contributed by atoms with Gasteiger partial charge in [-0.15, -0.1) is 16.4 Å². The van der Waals surface area contributed by atoms with Crippen LogP contribution in [0.5, 0.6) is 0 Å². The zero-order valence-corrected chi connectivity index (χ0v) is 9.75. The summed E-state index contributed by atoms with van der Waals surface area (Å²) in [5, 5.41) is 9.98. The van der Waals surface area contributed by atoms with Crippen LogP contribution in [0.3, 0.4) is 0 Å². The van der Waals surface area contributed by atoms with Crippen LogP contribution in [0.2, 0.25) is 0 Å². The lowest BCUT2D eigenvalue weighted by Crippen LogP contribution is -1.99. The molecule has 2 aromatic heterocycles. The summed E-state index contributed by atoms with van der Waals surface area (Å²) in [4.78, 5) is 0. The van der Waals surface area contributed by atoms with E-state index in [1.54, 1.807) is 16.0 Å². The Hall–Kier alpha value is -0.720. The Kier molecular flexibility index (Phi) is 2.95. The summed E-state index contributed by atoms with van der Waals surface area (Å²) in [7, 11) is 0. The van der Waals surface area contributed by atoms with Gasteiger partial charge in [0.25, 0.3) is 0 Å². The van der Waals surface area contributed by atoms with Gasteiger partial charge in [0.05, 0.1) is 22.2 Å². The third-order valence-corrected chi connectivity index (χ3v) is 3.31. The number of hydrogen-bond acceptors (Lipinski definition) is 4. The molecule has 2 aromatic rings. The molecule has 0 unspecified atom stereocenters. The molecule has 2 heterocycles. The highest BCUT2D eigenvalue weighted by molar-refractivity contribution is 9.11. The van der Waals surface area contributed by atoms with E-state index in [1.165, 1.54) is 5.56 Å². The van der Waals surface area contributed by atoms with Gasteiger partial charge >= 0.3 is 0 Å². The van der Waals surface area contributed by atoms with Crippen molar-refractivity contribution in [2.24, 2.45) is 5.73 Å². The lowest BCUT2D eigenvalue weighted by Gasteiger charge is -1.95. The first kappa shape index (κ1) is 9.82. The minimum atomic E-state index is 0.438. The van der Waals surface area contributed by atoms with Gasteiger partial charge in [-0.1, -0.05) is 5.21 Å². The molecule has 0 aliphatic rings. The molecular weight excluding hydrogens is 264 g/mol. The van der Waals surface area contributed by atoms with E-state index in [0.717, 1.165) is 16.0 Å². The minimum Gasteiger partial charge on any atom is -0.325 e. The Morgan fingerprint density at radius 3 is 3.00 bits per heavy atom. The van der Waals surface area contributed by atoms with Crippen molar-refractivity contribution in [1.82, 2.24) is 15.0 Å². The van der Waals surface area contributed by atoms with Crippen molar-refractivity contribution in [3.05, 3.63) is 32.7 Å². The summed E-state index contributed by atoms with van der Waals surface area (Å²) in [6.45, 7) is 1.18. The largest absolute Gasteiger partial charge is 0.325 e. The SMILES string of the molecule is NCc1cn(Cc2csc(Br)c2)nn1. The van der Waals surface area contributed by atoms with Gasteiger partial charge in [-0.2, -0.15) is 0 Å². The number of aromatic nitrogens is 3. The van der Waals surface area contributed by atoms with Crippen LogP contribution in [0.15, 0.2) is 21.4 Å². The van der Waals surface area contributed by atoms with Crippen LogP contribution < -0.4 is 5.73 Å². The molecule has 2 rings (SSSR count). The van der Waals surface area contributed by atoms with Crippen LogP contribution in [-0.4, -0.2) is 15.0 Å². The molecule has 0 amide bonds. The van der Waals surface area contributed by atoms with E-state index >= 15 is 0 Å². The van der Waals surface area contributed by atoms with Crippen molar-refractivity contribution in [3.8, 4) is 0 Å². The van der Waals surface area contributed by atoms with E-state index in [-0.39, 0.29) is 0 Å². The van der Waals surface area contributed by atoms with Crippen LogP contribution in [0, 0.1) is 0 Å². The molecule has 0 aromatic carbocycles. The van der Waals surface area contributed by atoms with Crippen molar-refractivity contribution >= 4 is 27.3 Å². The molecule has 0 saturated heterocycles. The highest BCUT2D eigenvalue weighted by atomic mass is 79.9. The summed E-state index contributed by atoms with van der Waals surface area (Å²) < 4.78 is 2.92. The first-order valence-corrected chi connectivity index (χ1v) is 5.77. The lowest BCUT2D eigenvalue weighted by atomic mass is 10.3. The van der Waals surface area contributed by atoms with Gasteiger partial charge in [-0.25, -0.2) is 4.68 Å². The second-order valence-electron chi connectivity index (χ2n) is 2.87. The molecule has 0 atom stereocenters. The number of hydrogen-bond donors (Lipinski definition) is 1. The van der Waals surface area contributed by atoms with Crippen LogP contribution in [0.4, 0.5) is 0 Å². The number of thiophene rings is 1. The predicted molar refractivity (Wildman–Crippen MR) is 59.0 cm³/mol. The molecule has 2 N–H and O–H groups in total. The number of halogens is 1. The third kappa shape index (κ3) is 2.20. The normalized spacial score (nSPS) is 10.7. The summed E-state index contributed by atoms with van der Waals surface area (Å²) >= 11 is 5.08. The van der Waals surface area contributed by atoms with Gasteiger partial charge < -0.3 is 5.73 Å². The Morgan fingerprint density at radius 2 is 2.43 bits per heavy atom. The molecule has 6 heteroatoms. The van der Waals surface area contributed by atoms with Crippen LogP contribution in [-0.2, 0) is 13.1 Å². The van der Waals surface area contributed by atoms with E-state index in [1.807, 2.05) is 6.20 Å². The first-order chi connectivity index (χ1) is 6.78. The maximum atomic E-state index is 5.44. The van der Waals surface area contributed by atoms with Gasteiger partial charge in [0, 0.05) is 6.54 Å². The lowest BCUT2D eigenvalue weighted by molar-refractivity contribution is 0.650. The van der Waals surface area contributed by atoms with Gasteiger partial charge in [0.15, 0.2) is 0 Å². The fraction of sp³-hybridized carbons (Fsp3) is 0.250. The Balaban J connectivity index is 2.10. The summed E-state index contributed by atoms with van der Waals surface area (Å²) in [5.41, 5.74) is 7.48. The molecule has 0 spiro atoms. The molecule has 0 aliphatic heterocycles. The van der Waals surface area contributed by atoms with Crippen molar-refractivity contribution in [3.63, 3.8) is 0 Å². The molecule has 74 valence electrons. The van der Waals surface area contributed by atoms with Gasteiger partial charge in [-0.05, 0) is 32.9 Å². The van der Waals surface area contributed by atoms with Crippen LogP contribution >= 0.6 is 27.3 Å². The maximum Gasteiger partial charge on any atom is 0.0962 e. The Labute approximate surface area is 93.9 Å². The van der Waals surface area contributed by atoms with E-state index < -0.39 is 0 Å². The van der Waals surface area contributed by atoms with Crippen LogP contribution in [0.25, 0.3) is 0 Å². The average Bonchev–Trinajstić information content (AvgIpc) is 2.76. The van der Waals surface area contributed by atoms with Crippen molar-refractivity contribution in [2.45, 2.75) is 13.1 Å². The third-order valence-electron chi connectivity index (χ3n) is 1.76. The number of nitrogens with two attached hydrogens (primary N) is 1. The van der Waals surface area contributed by atoms with Crippen LogP contribution in [0.1, 0.15) is 11.3 Å². The fourth-order valence-corrected chi connectivity index (χ4v) is 2.33. The zero-order chi connectivity index (χ0) is 9.97. The van der Waals surface area contributed by atoms with E-state index in [0.29, 0.717) is 6.54 Å². The predicted octanol–water partition coefficient (Wildman–Crippen LogP) is 1.61. The van der Waals surface area contributed by atoms with Crippen molar-refractivity contribution in [1.29, 1.82) is 0 Å². The highest BCUT2D eigenvalue weighted by Gasteiger charge is 2.01. The average molecular weight is 273 g/mol. The Morgan fingerprint density at radius 1 is 1.57 bits per heavy atom. The first-order valence-electron chi connectivity index (χ1n) is 4.10. The molecule has 0 aliphatic carbocycles. The molecule has 4 nitrogen and oxygen atoms in total. The molecule has 0 bridgehead atoms.